The summed E-state index contributed by atoms with van der Waals surface area (Å²) in [7, 11) is 1.84. The summed E-state index contributed by atoms with van der Waals surface area (Å²) in [5, 5.41) is 9.11. The summed E-state index contributed by atoms with van der Waals surface area (Å²) in [4.78, 5) is 16.7. The van der Waals surface area contributed by atoms with Crippen LogP contribution in [0.3, 0.4) is 0 Å². The van der Waals surface area contributed by atoms with E-state index < -0.39 is 0 Å². The van der Waals surface area contributed by atoms with Crippen LogP contribution >= 0.6 is 11.6 Å². The number of hydrogen-bond acceptors (Lipinski definition) is 4. The molecule has 4 nitrogen and oxygen atoms in total. The van der Waals surface area contributed by atoms with E-state index in [9.17, 15) is 4.79 Å². The third kappa shape index (κ3) is 3.58. The van der Waals surface area contributed by atoms with Gasteiger partial charge in [0.25, 0.3) is 0 Å². The minimum absolute atomic E-state index is 0.0769. The summed E-state index contributed by atoms with van der Waals surface area (Å²) < 4.78 is 0. The van der Waals surface area contributed by atoms with Gasteiger partial charge in [0.1, 0.15) is 5.15 Å². The van der Waals surface area contributed by atoms with Gasteiger partial charge in [0.15, 0.2) is 6.29 Å². The van der Waals surface area contributed by atoms with Crippen molar-refractivity contribution in [2.45, 2.75) is 6.54 Å². The second kappa shape index (κ2) is 5.80. The van der Waals surface area contributed by atoms with E-state index in [2.05, 4.69) is 4.98 Å². The van der Waals surface area contributed by atoms with Crippen LogP contribution in [0.1, 0.15) is 16.1 Å². The fourth-order valence-electron chi connectivity index (χ4n) is 1.22. The van der Waals surface area contributed by atoms with Gasteiger partial charge < -0.3 is 5.11 Å². The molecule has 0 saturated heterocycles. The normalized spacial score (nSPS) is 10.7. The van der Waals surface area contributed by atoms with Crippen molar-refractivity contribution < 1.29 is 9.90 Å². The lowest BCUT2D eigenvalue weighted by molar-refractivity contribution is 0.112. The highest BCUT2D eigenvalue weighted by Crippen LogP contribution is 2.11. The van der Waals surface area contributed by atoms with Crippen molar-refractivity contribution in [2.75, 3.05) is 20.2 Å². The number of aliphatic hydroxyl groups is 1. The van der Waals surface area contributed by atoms with Crippen molar-refractivity contribution in [3.63, 3.8) is 0 Å². The van der Waals surface area contributed by atoms with Crippen LogP contribution in [0.2, 0.25) is 5.15 Å². The lowest BCUT2D eigenvalue weighted by Crippen LogP contribution is -2.22. The number of aliphatic hydroxyl groups excluding tert-OH is 1. The zero-order chi connectivity index (χ0) is 11.3. The van der Waals surface area contributed by atoms with E-state index in [-0.39, 0.29) is 6.61 Å². The molecule has 0 fully saturated rings. The molecule has 0 radical (unpaired) electrons. The lowest BCUT2D eigenvalue weighted by Gasteiger charge is -2.15. The molecule has 82 valence electrons. The molecule has 0 aliphatic heterocycles. The summed E-state index contributed by atoms with van der Waals surface area (Å²) in [6, 6.07) is 3.23. The Hall–Kier alpha value is -0.970. The predicted octanol–water partition coefficient (Wildman–Crippen LogP) is 0.972. The van der Waals surface area contributed by atoms with Gasteiger partial charge in [0, 0.05) is 18.7 Å². The van der Waals surface area contributed by atoms with Crippen LogP contribution in [0.5, 0.6) is 0 Å². The number of carbonyl (C=O) groups is 1. The molecule has 1 heterocycles. The van der Waals surface area contributed by atoms with Gasteiger partial charge in [0.05, 0.1) is 12.3 Å². The molecule has 0 aliphatic carbocycles. The van der Waals surface area contributed by atoms with Crippen LogP contribution < -0.4 is 0 Å². The highest BCUT2D eigenvalue weighted by atomic mass is 35.5. The van der Waals surface area contributed by atoms with Crippen molar-refractivity contribution >= 4 is 17.9 Å². The second-order valence-electron chi connectivity index (χ2n) is 3.25. The first kappa shape index (κ1) is 12.1. The minimum atomic E-state index is 0.0769. The first-order valence-electron chi connectivity index (χ1n) is 4.57. The summed E-state index contributed by atoms with van der Waals surface area (Å²) in [5.74, 6) is 0. The van der Waals surface area contributed by atoms with Crippen molar-refractivity contribution in [3.05, 3.63) is 28.5 Å². The molecular formula is C10H13ClN2O2. The number of aldehydes is 1. The molecule has 1 rings (SSSR count). The van der Waals surface area contributed by atoms with E-state index in [1.54, 1.807) is 12.1 Å². The number of carbonyl (C=O) groups excluding carboxylic acids is 1. The van der Waals surface area contributed by atoms with Gasteiger partial charge in [-0.15, -0.1) is 0 Å². The smallest absolute Gasteiger partial charge is 0.151 e. The molecule has 0 atom stereocenters. The Bertz CT molecular complexity index is 344. The average molecular weight is 229 g/mol. The summed E-state index contributed by atoms with van der Waals surface area (Å²) in [6.07, 6.45) is 0.755. The van der Waals surface area contributed by atoms with Gasteiger partial charge in [-0.2, -0.15) is 0 Å². The van der Waals surface area contributed by atoms with Gasteiger partial charge >= 0.3 is 0 Å². The number of hydrogen-bond donors (Lipinski definition) is 1. The minimum Gasteiger partial charge on any atom is -0.395 e. The van der Waals surface area contributed by atoms with Gasteiger partial charge in [-0.3, -0.25) is 9.69 Å². The molecule has 0 unspecified atom stereocenters. The maximum atomic E-state index is 10.7. The molecular weight excluding hydrogens is 216 g/mol. The molecule has 1 N–H and O–H groups in total. The molecule has 0 aromatic carbocycles. The maximum absolute atomic E-state index is 10.7. The van der Waals surface area contributed by atoms with E-state index in [1.165, 1.54) is 0 Å². The topological polar surface area (TPSA) is 53.4 Å². The average Bonchev–Trinajstić information content (AvgIpc) is 2.18. The van der Waals surface area contributed by atoms with Crippen molar-refractivity contribution in [2.24, 2.45) is 0 Å². The molecule has 1 aromatic rings. The third-order valence-electron chi connectivity index (χ3n) is 2.00. The van der Waals surface area contributed by atoms with Crippen LogP contribution in [0, 0.1) is 0 Å². The van der Waals surface area contributed by atoms with Gasteiger partial charge in [0.2, 0.25) is 0 Å². The number of nitrogens with zero attached hydrogens (tertiary/aromatic N) is 2. The van der Waals surface area contributed by atoms with Crippen molar-refractivity contribution in [3.8, 4) is 0 Å². The summed E-state index contributed by atoms with van der Waals surface area (Å²) >= 11 is 5.74. The second-order valence-corrected chi connectivity index (χ2v) is 3.64. The monoisotopic (exact) mass is 228 g/mol. The van der Waals surface area contributed by atoms with Crippen LogP contribution in [0.25, 0.3) is 0 Å². The largest absolute Gasteiger partial charge is 0.395 e. The molecule has 1 aromatic heterocycles. The van der Waals surface area contributed by atoms with Crippen LogP contribution in [-0.2, 0) is 6.54 Å². The number of halogens is 1. The lowest BCUT2D eigenvalue weighted by atomic mass is 10.2. The zero-order valence-electron chi connectivity index (χ0n) is 8.48. The molecule has 5 heteroatoms. The Morgan fingerprint density at radius 1 is 1.60 bits per heavy atom. The Labute approximate surface area is 93.5 Å². The van der Waals surface area contributed by atoms with Gasteiger partial charge in [-0.1, -0.05) is 11.6 Å². The molecule has 0 aliphatic rings. The molecule has 0 spiro atoms. The molecule has 0 bridgehead atoms. The van der Waals surface area contributed by atoms with E-state index >= 15 is 0 Å². The van der Waals surface area contributed by atoms with Crippen LogP contribution in [0.4, 0.5) is 0 Å². The summed E-state index contributed by atoms with van der Waals surface area (Å²) in [5.41, 5.74) is 1.16. The van der Waals surface area contributed by atoms with E-state index in [0.717, 1.165) is 6.29 Å². The Balaban J connectivity index is 2.82. The first-order valence-corrected chi connectivity index (χ1v) is 4.95. The highest BCUT2D eigenvalue weighted by Gasteiger charge is 2.07. The molecule has 0 amide bonds. The van der Waals surface area contributed by atoms with Crippen LogP contribution in [-0.4, -0.2) is 41.5 Å². The van der Waals surface area contributed by atoms with Crippen molar-refractivity contribution in [1.82, 2.24) is 9.88 Å². The fraction of sp³-hybridized carbons (Fsp3) is 0.400. The quantitative estimate of drug-likeness (QED) is 0.603. The Kier molecular flexibility index (Phi) is 4.68. The summed E-state index contributed by atoms with van der Waals surface area (Å²) in [6.45, 7) is 1.11. The standard InChI is InChI=1S/C10H13ClN2O2/c1-13(4-5-14)6-9-8(7-15)2-3-10(11)12-9/h2-3,7,14H,4-6H2,1H3. The molecule has 0 saturated carbocycles. The fourth-order valence-corrected chi connectivity index (χ4v) is 1.39. The maximum Gasteiger partial charge on any atom is 0.151 e. The SMILES string of the molecule is CN(CCO)Cc1nc(Cl)ccc1C=O. The highest BCUT2D eigenvalue weighted by molar-refractivity contribution is 6.29. The Morgan fingerprint density at radius 3 is 2.93 bits per heavy atom. The number of likely N-dealkylation sites (N-methyl/N-ethyl adjacent to an activating group) is 1. The Morgan fingerprint density at radius 2 is 2.33 bits per heavy atom. The number of pyridine rings is 1. The predicted molar refractivity (Wildman–Crippen MR) is 58.1 cm³/mol. The van der Waals surface area contributed by atoms with E-state index in [1.807, 2.05) is 11.9 Å². The third-order valence-corrected chi connectivity index (χ3v) is 2.21. The van der Waals surface area contributed by atoms with Crippen LogP contribution in [0.15, 0.2) is 12.1 Å². The first-order chi connectivity index (χ1) is 7.17. The van der Waals surface area contributed by atoms with E-state index in [0.29, 0.717) is 29.5 Å². The van der Waals surface area contributed by atoms with Gasteiger partial charge in [-0.25, -0.2) is 4.98 Å². The van der Waals surface area contributed by atoms with Crippen molar-refractivity contribution in [1.29, 1.82) is 0 Å². The molecule has 15 heavy (non-hydrogen) atoms. The zero-order valence-corrected chi connectivity index (χ0v) is 9.24. The van der Waals surface area contributed by atoms with Gasteiger partial charge in [-0.05, 0) is 19.2 Å². The number of rotatable bonds is 5. The number of aromatic nitrogens is 1. The van der Waals surface area contributed by atoms with E-state index in [4.69, 9.17) is 16.7 Å².